The van der Waals surface area contributed by atoms with E-state index in [0.29, 0.717) is 11.0 Å². The molecule has 2 heterocycles. The number of aromatic nitrogens is 2. The van der Waals surface area contributed by atoms with Crippen molar-refractivity contribution in [3.63, 3.8) is 0 Å². The van der Waals surface area contributed by atoms with Crippen LogP contribution in [-0.4, -0.2) is 36.0 Å². The number of nitrogens with zero attached hydrogens (tertiary/aromatic N) is 3. The van der Waals surface area contributed by atoms with E-state index < -0.39 is 0 Å². The van der Waals surface area contributed by atoms with Gasteiger partial charge in [0.25, 0.3) is 5.56 Å². The minimum absolute atomic E-state index is 0.0419. The molecule has 1 aliphatic rings. The third-order valence-corrected chi connectivity index (χ3v) is 4.65. The number of piperidine rings is 1. The number of nitrogens with one attached hydrogen (secondary N) is 1. The lowest BCUT2D eigenvalue weighted by Gasteiger charge is -2.33. The van der Waals surface area contributed by atoms with Gasteiger partial charge < -0.3 is 10.2 Å². The molecule has 0 bridgehead atoms. The molecule has 0 aliphatic carbocycles. The molecule has 1 aromatic rings. The molecule has 1 aliphatic heterocycles. The second kappa shape index (κ2) is 7.22. The lowest BCUT2D eigenvalue weighted by molar-refractivity contribution is 0.386. The van der Waals surface area contributed by atoms with E-state index >= 15 is 0 Å². The number of halogens is 1. The first-order chi connectivity index (χ1) is 9.67. The average Bonchev–Trinajstić information content (AvgIpc) is 2.48. The van der Waals surface area contributed by atoms with E-state index in [-0.39, 0.29) is 5.56 Å². The monoisotopic (exact) mass is 342 g/mol. The molecule has 2 rings (SSSR count). The highest BCUT2D eigenvalue weighted by Crippen LogP contribution is 2.26. The van der Waals surface area contributed by atoms with E-state index in [1.165, 1.54) is 4.68 Å². The van der Waals surface area contributed by atoms with Crippen LogP contribution in [0.25, 0.3) is 0 Å². The Morgan fingerprint density at radius 1 is 1.40 bits per heavy atom. The van der Waals surface area contributed by atoms with E-state index in [4.69, 9.17) is 0 Å². The van der Waals surface area contributed by atoms with Gasteiger partial charge in [-0.2, -0.15) is 5.10 Å². The van der Waals surface area contributed by atoms with Crippen molar-refractivity contribution in [2.75, 3.05) is 31.1 Å². The summed E-state index contributed by atoms with van der Waals surface area (Å²) in [4.78, 5) is 14.4. The fraction of sp³-hybridized carbons (Fsp3) is 0.714. The molecule has 0 aromatic carbocycles. The van der Waals surface area contributed by atoms with Crippen molar-refractivity contribution in [2.24, 2.45) is 5.92 Å². The molecule has 1 fully saturated rings. The van der Waals surface area contributed by atoms with Gasteiger partial charge in [-0.3, -0.25) is 4.79 Å². The Bertz CT molecular complexity index is 494. The van der Waals surface area contributed by atoms with Crippen molar-refractivity contribution >= 4 is 21.6 Å². The molecule has 1 aromatic heterocycles. The zero-order valence-electron chi connectivity index (χ0n) is 12.2. The Labute approximate surface area is 128 Å². The molecule has 0 spiro atoms. The fourth-order valence-corrected chi connectivity index (χ4v) is 3.19. The Hall–Kier alpha value is -0.880. The van der Waals surface area contributed by atoms with Crippen LogP contribution in [-0.2, 0) is 6.54 Å². The van der Waals surface area contributed by atoms with Gasteiger partial charge in [0, 0.05) is 19.6 Å². The van der Waals surface area contributed by atoms with E-state index in [2.05, 4.69) is 38.2 Å². The van der Waals surface area contributed by atoms with Gasteiger partial charge >= 0.3 is 0 Å². The first kappa shape index (κ1) is 15.5. The molecule has 0 unspecified atom stereocenters. The first-order valence-electron chi connectivity index (χ1n) is 7.38. The van der Waals surface area contributed by atoms with Crippen molar-refractivity contribution in [2.45, 2.75) is 33.2 Å². The maximum absolute atomic E-state index is 12.1. The average molecular weight is 343 g/mol. The summed E-state index contributed by atoms with van der Waals surface area (Å²) in [5, 5.41) is 7.64. The summed E-state index contributed by atoms with van der Waals surface area (Å²) in [6.45, 7) is 8.78. The number of anilines is 1. The molecule has 6 heteroatoms. The highest BCUT2D eigenvalue weighted by atomic mass is 79.9. The number of rotatable bonds is 5. The van der Waals surface area contributed by atoms with E-state index in [9.17, 15) is 4.79 Å². The molecule has 0 radical (unpaired) electrons. The van der Waals surface area contributed by atoms with Crippen LogP contribution < -0.4 is 15.8 Å². The molecule has 20 heavy (non-hydrogen) atoms. The SMILES string of the molecule is CCNCC1CCN(c2cnn(CC)c(=O)c2Br)CC1. The molecular weight excluding hydrogens is 320 g/mol. The standard InChI is InChI=1S/C14H23BrN4O/c1-3-16-9-11-5-7-18(8-6-11)12-10-17-19(4-2)14(20)13(12)15/h10-11,16H,3-9H2,1-2H3. The molecule has 0 amide bonds. The van der Waals surface area contributed by atoms with Gasteiger partial charge in [-0.25, -0.2) is 4.68 Å². The van der Waals surface area contributed by atoms with Gasteiger partial charge in [-0.1, -0.05) is 6.92 Å². The van der Waals surface area contributed by atoms with Crippen LogP contribution in [0.5, 0.6) is 0 Å². The van der Waals surface area contributed by atoms with Crippen LogP contribution in [0.2, 0.25) is 0 Å². The normalized spacial score (nSPS) is 16.6. The third kappa shape index (κ3) is 3.41. The zero-order valence-corrected chi connectivity index (χ0v) is 13.8. The van der Waals surface area contributed by atoms with Gasteiger partial charge in [-0.15, -0.1) is 0 Å². The van der Waals surface area contributed by atoms with Gasteiger partial charge in [-0.05, 0) is 54.7 Å². The third-order valence-electron chi connectivity index (χ3n) is 3.90. The second-order valence-corrected chi connectivity index (χ2v) is 6.00. The highest BCUT2D eigenvalue weighted by molar-refractivity contribution is 9.10. The Balaban J connectivity index is 2.04. The summed E-state index contributed by atoms with van der Waals surface area (Å²) in [6.07, 6.45) is 4.13. The minimum atomic E-state index is -0.0419. The van der Waals surface area contributed by atoms with Gasteiger partial charge in [0.05, 0.1) is 11.9 Å². The lowest BCUT2D eigenvalue weighted by atomic mass is 9.96. The predicted molar refractivity (Wildman–Crippen MR) is 85.4 cm³/mol. The number of hydrogen-bond acceptors (Lipinski definition) is 4. The van der Waals surface area contributed by atoms with E-state index in [1.807, 2.05) is 6.92 Å². The van der Waals surface area contributed by atoms with Crippen LogP contribution >= 0.6 is 15.9 Å². The molecule has 0 atom stereocenters. The second-order valence-electron chi connectivity index (χ2n) is 5.20. The summed E-state index contributed by atoms with van der Waals surface area (Å²) in [7, 11) is 0. The van der Waals surface area contributed by atoms with Crippen molar-refractivity contribution in [1.29, 1.82) is 0 Å². The number of aryl methyl sites for hydroxylation is 1. The highest BCUT2D eigenvalue weighted by Gasteiger charge is 2.22. The minimum Gasteiger partial charge on any atom is -0.369 e. The van der Waals surface area contributed by atoms with Crippen LogP contribution in [0, 0.1) is 5.92 Å². The van der Waals surface area contributed by atoms with Crippen molar-refractivity contribution in [3.8, 4) is 0 Å². The maximum Gasteiger partial charge on any atom is 0.283 e. The summed E-state index contributed by atoms with van der Waals surface area (Å²) >= 11 is 3.44. The fourth-order valence-electron chi connectivity index (χ4n) is 2.63. The largest absolute Gasteiger partial charge is 0.369 e. The van der Waals surface area contributed by atoms with Crippen LogP contribution in [0.15, 0.2) is 15.5 Å². The lowest BCUT2D eigenvalue weighted by Crippen LogP contribution is -2.38. The molecule has 1 N–H and O–H groups in total. The smallest absolute Gasteiger partial charge is 0.283 e. The quantitative estimate of drug-likeness (QED) is 0.887. The van der Waals surface area contributed by atoms with E-state index in [1.54, 1.807) is 6.20 Å². The Morgan fingerprint density at radius 2 is 2.10 bits per heavy atom. The van der Waals surface area contributed by atoms with E-state index in [0.717, 1.165) is 50.6 Å². The van der Waals surface area contributed by atoms with Crippen molar-refractivity contribution in [3.05, 3.63) is 21.0 Å². The Morgan fingerprint density at radius 3 is 2.70 bits per heavy atom. The summed E-state index contributed by atoms with van der Waals surface area (Å²) < 4.78 is 2.12. The summed E-state index contributed by atoms with van der Waals surface area (Å²) in [6, 6.07) is 0. The molecule has 0 saturated carbocycles. The predicted octanol–water partition coefficient (Wildman–Crippen LogP) is 1.85. The molecule has 112 valence electrons. The van der Waals surface area contributed by atoms with Crippen LogP contribution in [0.3, 0.4) is 0 Å². The molecule has 5 nitrogen and oxygen atoms in total. The number of hydrogen-bond donors (Lipinski definition) is 1. The molecular formula is C14H23BrN4O. The molecule has 1 saturated heterocycles. The van der Waals surface area contributed by atoms with Crippen molar-refractivity contribution < 1.29 is 0 Å². The van der Waals surface area contributed by atoms with Crippen molar-refractivity contribution in [1.82, 2.24) is 15.1 Å². The summed E-state index contributed by atoms with van der Waals surface area (Å²) in [5.41, 5.74) is 0.890. The topological polar surface area (TPSA) is 50.2 Å². The maximum atomic E-state index is 12.1. The Kier molecular flexibility index (Phi) is 5.60. The zero-order chi connectivity index (χ0) is 14.5. The van der Waals surface area contributed by atoms with Crippen LogP contribution in [0.1, 0.15) is 26.7 Å². The van der Waals surface area contributed by atoms with Gasteiger partial charge in [0.1, 0.15) is 4.47 Å². The first-order valence-corrected chi connectivity index (χ1v) is 8.17. The van der Waals surface area contributed by atoms with Crippen LogP contribution in [0.4, 0.5) is 5.69 Å². The summed E-state index contributed by atoms with van der Waals surface area (Å²) in [5.74, 6) is 0.744. The van der Waals surface area contributed by atoms with Gasteiger partial charge in [0.15, 0.2) is 0 Å². The van der Waals surface area contributed by atoms with Gasteiger partial charge in [0.2, 0.25) is 0 Å².